The van der Waals surface area contributed by atoms with E-state index in [1.54, 1.807) is 0 Å². The van der Waals surface area contributed by atoms with Crippen molar-refractivity contribution in [1.82, 2.24) is 10.2 Å². The second-order valence-electron chi connectivity index (χ2n) is 6.33. The largest absolute Gasteiger partial charge is 0.473 e. The summed E-state index contributed by atoms with van der Waals surface area (Å²) in [7, 11) is 0. The molecule has 1 heterocycles. The summed E-state index contributed by atoms with van der Waals surface area (Å²) in [6.45, 7) is 7.41. The predicted molar refractivity (Wildman–Crippen MR) is 100 cm³/mol. The summed E-state index contributed by atoms with van der Waals surface area (Å²) < 4.78 is 5.62. The number of para-hydroxylation sites is 1. The number of carbonyl (C=O) groups excluding carboxylic acids is 1. The number of hydrogen-bond donors (Lipinski definition) is 1. The molecule has 0 atom stereocenters. The van der Waals surface area contributed by atoms with Gasteiger partial charge in [-0.05, 0) is 49.2 Å². The van der Waals surface area contributed by atoms with Crippen molar-refractivity contribution in [3.05, 3.63) is 59.7 Å². The highest BCUT2D eigenvalue weighted by molar-refractivity contribution is 5.74. The lowest BCUT2D eigenvalue weighted by Crippen LogP contribution is -2.52. The van der Waals surface area contributed by atoms with E-state index >= 15 is 0 Å². The molecule has 0 aliphatic carbocycles. The Hall–Kier alpha value is -2.69. The van der Waals surface area contributed by atoms with Crippen LogP contribution in [0, 0.1) is 13.8 Å². The van der Waals surface area contributed by atoms with Gasteiger partial charge in [-0.1, -0.05) is 24.3 Å². The summed E-state index contributed by atoms with van der Waals surface area (Å²) in [5.74, 6) is 0.775. The predicted octanol–water partition coefficient (Wildman–Crippen LogP) is 3.17. The highest BCUT2D eigenvalue weighted by Gasteiger charge is 2.20. The Morgan fingerprint density at radius 3 is 2.40 bits per heavy atom. The van der Waals surface area contributed by atoms with Gasteiger partial charge in [-0.3, -0.25) is 0 Å². The Morgan fingerprint density at radius 2 is 1.72 bits per heavy atom. The first-order valence-corrected chi connectivity index (χ1v) is 8.66. The van der Waals surface area contributed by atoms with Crippen LogP contribution in [-0.2, 0) is 0 Å². The quantitative estimate of drug-likeness (QED) is 0.870. The number of carbonyl (C=O) groups is 1. The van der Waals surface area contributed by atoms with Crippen LogP contribution < -0.4 is 15.0 Å². The first-order valence-electron chi connectivity index (χ1n) is 8.66. The molecule has 25 heavy (non-hydrogen) atoms. The molecule has 5 nitrogen and oxygen atoms in total. The van der Waals surface area contributed by atoms with E-state index in [1.807, 2.05) is 48.2 Å². The van der Waals surface area contributed by atoms with Crippen LogP contribution >= 0.6 is 0 Å². The molecule has 2 aromatic carbocycles. The maximum atomic E-state index is 12.3. The van der Waals surface area contributed by atoms with E-state index in [-0.39, 0.29) is 12.8 Å². The molecule has 5 heteroatoms. The molecule has 0 aromatic heterocycles. The van der Waals surface area contributed by atoms with Crippen molar-refractivity contribution < 1.29 is 9.53 Å². The topological polar surface area (TPSA) is 44.8 Å². The molecule has 1 saturated heterocycles. The van der Waals surface area contributed by atoms with Gasteiger partial charge in [-0.2, -0.15) is 0 Å². The summed E-state index contributed by atoms with van der Waals surface area (Å²) in [6, 6.07) is 16.2. The van der Waals surface area contributed by atoms with Crippen molar-refractivity contribution in [2.24, 2.45) is 0 Å². The summed E-state index contributed by atoms with van der Waals surface area (Å²) >= 11 is 0. The fourth-order valence-corrected chi connectivity index (χ4v) is 2.90. The van der Waals surface area contributed by atoms with E-state index in [4.69, 9.17) is 4.74 Å². The summed E-state index contributed by atoms with van der Waals surface area (Å²) in [5.41, 5.74) is 3.62. The van der Waals surface area contributed by atoms with Gasteiger partial charge in [-0.25, -0.2) is 4.79 Å². The lowest BCUT2D eigenvalue weighted by molar-refractivity contribution is 0.181. The van der Waals surface area contributed by atoms with Crippen LogP contribution in [0.1, 0.15) is 11.1 Å². The summed E-state index contributed by atoms with van der Waals surface area (Å²) in [4.78, 5) is 16.4. The zero-order valence-electron chi connectivity index (χ0n) is 14.9. The molecule has 1 aliphatic rings. The van der Waals surface area contributed by atoms with E-state index in [1.165, 1.54) is 16.8 Å². The molecule has 2 aromatic rings. The normalized spacial score (nSPS) is 14.3. The third-order valence-corrected chi connectivity index (χ3v) is 4.63. The van der Waals surface area contributed by atoms with Crippen molar-refractivity contribution in [3.63, 3.8) is 0 Å². The van der Waals surface area contributed by atoms with Crippen LogP contribution in [0.25, 0.3) is 0 Å². The maximum absolute atomic E-state index is 12.3. The Balaban J connectivity index is 1.43. The van der Waals surface area contributed by atoms with Gasteiger partial charge in [0.05, 0.1) is 0 Å². The van der Waals surface area contributed by atoms with E-state index in [2.05, 4.69) is 29.3 Å². The van der Waals surface area contributed by atoms with Crippen molar-refractivity contribution in [2.45, 2.75) is 13.8 Å². The van der Waals surface area contributed by atoms with Crippen molar-refractivity contribution in [1.29, 1.82) is 0 Å². The number of rotatable bonds is 4. The SMILES string of the molecule is Cc1ccc(OCNC(=O)N2CCN(c3ccccc3)CC2)cc1C. The van der Waals surface area contributed by atoms with Gasteiger partial charge in [0.2, 0.25) is 0 Å². The number of urea groups is 1. The number of benzene rings is 2. The molecular formula is C20H25N3O2. The lowest BCUT2D eigenvalue weighted by atomic mass is 10.1. The zero-order valence-corrected chi connectivity index (χ0v) is 14.9. The minimum atomic E-state index is -0.0726. The van der Waals surface area contributed by atoms with Gasteiger partial charge in [0, 0.05) is 31.9 Å². The molecular weight excluding hydrogens is 314 g/mol. The van der Waals surface area contributed by atoms with Crippen LogP contribution in [0.5, 0.6) is 5.75 Å². The molecule has 1 N–H and O–H groups in total. The Kier molecular flexibility index (Phi) is 5.43. The number of amides is 2. The van der Waals surface area contributed by atoms with E-state index in [9.17, 15) is 4.79 Å². The Morgan fingerprint density at radius 1 is 1.00 bits per heavy atom. The molecule has 1 aliphatic heterocycles. The van der Waals surface area contributed by atoms with Crippen molar-refractivity contribution >= 4 is 11.7 Å². The second kappa shape index (κ2) is 7.92. The van der Waals surface area contributed by atoms with Crippen molar-refractivity contribution in [3.8, 4) is 5.75 Å². The van der Waals surface area contributed by atoms with Crippen LogP contribution in [0.4, 0.5) is 10.5 Å². The van der Waals surface area contributed by atoms with Crippen LogP contribution in [-0.4, -0.2) is 43.8 Å². The monoisotopic (exact) mass is 339 g/mol. The highest BCUT2D eigenvalue weighted by Crippen LogP contribution is 2.17. The van der Waals surface area contributed by atoms with E-state index in [0.29, 0.717) is 13.1 Å². The van der Waals surface area contributed by atoms with Gasteiger partial charge in [-0.15, -0.1) is 0 Å². The Bertz CT molecular complexity index is 710. The van der Waals surface area contributed by atoms with E-state index in [0.717, 1.165) is 18.8 Å². The fourth-order valence-electron chi connectivity index (χ4n) is 2.90. The fraction of sp³-hybridized carbons (Fsp3) is 0.350. The smallest absolute Gasteiger partial charge is 0.320 e. The van der Waals surface area contributed by atoms with Crippen LogP contribution in [0.15, 0.2) is 48.5 Å². The van der Waals surface area contributed by atoms with Crippen molar-refractivity contribution in [2.75, 3.05) is 37.8 Å². The molecule has 0 unspecified atom stereocenters. The first kappa shape index (κ1) is 17.1. The van der Waals surface area contributed by atoms with Gasteiger partial charge in [0.15, 0.2) is 6.73 Å². The molecule has 0 radical (unpaired) electrons. The van der Waals surface area contributed by atoms with Gasteiger partial charge in [0.25, 0.3) is 0 Å². The standard InChI is InChI=1S/C20H25N3O2/c1-16-8-9-19(14-17(16)2)25-15-21-20(24)23-12-10-22(11-13-23)18-6-4-3-5-7-18/h3-9,14H,10-13,15H2,1-2H3,(H,21,24). The zero-order chi connectivity index (χ0) is 17.6. The third-order valence-electron chi connectivity index (χ3n) is 4.63. The lowest BCUT2D eigenvalue weighted by Gasteiger charge is -2.36. The number of aryl methyl sites for hydroxylation is 2. The molecule has 0 spiro atoms. The van der Waals surface area contributed by atoms with Crippen LogP contribution in [0.3, 0.4) is 0 Å². The second-order valence-corrected chi connectivity index (χ2v) is 6.33. The molecule has 0 saturated carbocycles. The minimum Gasteiger partial charge on any atom is -0.473 e. The molecule has 3 rings (SSSR count). The molecule has 1 fully saturated rings. The third kappa shape index (κ3) is 4.44. The average molecular weight is 339 g/mol. The van der Waals surface area contributed by atoms with Gasteiger partial charge < -0.3 is 19.9 Å². The molecule has 132 valence electrons. The van der Waals surface area contributed by atoms with Gasteiger partial charge >= 0.3 is 6.03 Å². The summed E-state index contributed by atoms with van der Waals surface area (Å²) in [6.07, 6.45) is 0. The van der Waals surface area contributed by atoms with Crippen LogP contribution in [0.2, 0.25) is 0 Å². The number of piperazine rings is 1. The average Bonchev–Trinajstić information content (AvgIpc) is 2.65. The minimum absolute atomic E-state index is 0.0726. The maximum Gasteiger partial charge on any atom is 0.320 e. The van der Waals surface area contributed by atoms with Gasteiger partial charge in [0.1, 0.15) is 5.75 Å². The Labute approximate surface area is 149 Å². The number of ether oxygens (including phenoxy) is 1. The molecule has 0 bridgehead atoms. The first-order chi connectivity index (χ1) is 12.1. The molecule has 2 amide bonds. The van der Waals surface area contributed by atoms with E-state index < -0.39 is 0 Å². The number of anilines is 1. The highest BCUT2D eigenvalue weighted by atomic mass is 16.5. The number of nitrogens with zero attached hydrogens (tertiary/aromatic N) is 2. The number of nitrogens with one attached hydrogen (secondary N) is 1. The number of hydrogen-bond acceptors (Lipinski definition) is 3. The summed E-state index contributed by atoms with van der Waals surface area (Å²) in [5, 5.41) is 2.84.